The molecule has 3 atom stereocenters. The van der Waals surface area contributed by atoms with E-state index in [1.165, 1.54) is 22.6 Å². The number of nitrogens with zero attached hydrogens (tertiary/aromatic N) is 7. The fraction of sp³-hybridized carbons (Fsp3) is 0.581. The van der Waals surface area contributed by atoms with Crippen molar-refractivity contribution in [3.05, 3.63) is 33.5 Å². The van der Waals surface area contributed by atoms with Crippen LogP contribution in [0.2, 0.25) is 0 Å². The van der Waals surface area contributed by atoms with Gasteiger partial charge in [-0.2, -0.15) is 10.4 Å². The van der Waals surface area contributed by atoms with E-state index < -0.39 is 11.0 Å². The summed E-state index contributed by atoms with van der Waals surface area (Å²) in [4.78, 5) is 13.7. The molecular weight excluding hydrogens is 562 g/mol. The van der Waals surface area contributed by atoms with E-state index >= 15 is 0 Å². The number of aromatic nitrogens is 5. The molecule has 1 spiro atoms. The van der Waals surface area contributed by atoms with Gasteiger partial charge in [-0.25, -0.2) is 14.6 Å². The quantitative estimate of drug-likeness (QED) is 0.281. The lowest BCUT2D eigenvalue weighted by Crippen LogP contribution is -2.35. The third-order valence-corrected chi connectivity index (χ3v) is 10.8. The Hall–Kier alpha value is -3.53. The summed E-state index contributed by atoms with van der Waals surface area (Å²) in [7, 11) is 2.17. The van der Waals surface area contributed by atoms with Gasteiger partial charge in [-0.1, -0.05) is 5.16 Å². The number of hydrogen-bond acceptors (Lipinski definition) is 11. The molecule has 0 saturated carbocycles. The maximum absolute atomic E-state index is 10.5. The van der Waals surface area contributed by atoms with Gasteiger partial charge in [0.2, 0.25) is 0 Å². The minimum absolute atomic E-state index is 0.110. The summed E-state index contributed by atoms with van der Waals surface area (Å²) in [6.07, 6.45) is 9.55. The molecule has 1 saturated heterocycles. The molecule has 4 aromatic rings. The number of nitrogens with one attached hydrogen (secondary N) is 1. The number of thiophene rings is 1. The van der Waals surface area contributed by atoms with Crippen LogP contribution in [0.4, 0.5) is 10.8 Å². The summed E-state index contributed by atoms with van der Waals surface area (Å²) >= 11 is 1.54. The number of anilines is 2. The van der Waals surface area contributed by atoms with Gasteiger partial charge in [0.15, 0.2) is 22.9 Å². The van der Waals surface area contributed by atoms with E-state index in [0.29, 0.717) is 40.5 Å². The minimum atomic E-state index is -0.938. The van der Waals surface area contributed by atoms with Crippen LogP contribution in [0.15, 0.2) is 10.7 Å². The van der Waals surface area contributed by atoms with Crippen LogP contribution < -0.4 is 11.1 Å². The number of nitriles is 1. The lowest BCUT2D eigenvalue weighted by Gasteiger charge is -2.39. The molecule has 1 aliphatic heterocycles. The van der Waals surface area contributed by atoms with E-state index in [2.05, 4.69) is 35.4 Å². The van der Waals surface area contributed by atoms with Crippen LogP contribution in [0.5, 0.6) is 0 Å². The van der Waals surface area contributed by atoms with Crippen molar-refractivity contribution in [1.29, 1.82) is 5.26 Å². The summed E-state index contributed by atoms with van der Waals surface area (Å²) in [6, 6.07) is 2.87. The molecule has 12 heteroatoms. The summed E-state index contributed by atoms with van der Waals surface area (Å²) in [5.74, 6) is 1.91. The molecule has 4 aromatic heterocycles. The molecule has 4 N–H and O–H groups in total. The van der Waals surface area contributed by atoms with Gasteiger partial charge in [-0.3, -0.25) is 0 Å². The Balaban J connectivity index is 1.37. The first kappa shape index (κ1) is 28.3. The summed E-state index contributed by atoms with van der Waals surface area (Å²) < 4.78 is 8.27. The first-order valence-electron chi connectivity index (χ1n) is 15.3. The number of likely N-dealkylation sites (tertiary alicyclic amines) is 1. The van der Waals surface area contributed by atoms with Crippen molar-refractivity contribution in [1.82, 2.24) is 29.8 Å². The lowest BCUT2D eigenvalue weighted by atomic mass is 9.63. The van der Waals surface area contributed by atoms with Crippen molar-refractivity contribution in [2.45, 2.75) is 95.2 Å². The molecule has 0 radical (unpaired) electrons. The van der Waals surface area contributed by atoms with Gasteiger partial charge in [0.05, 0.1) is 34.2 Å². The molecular formula is C31H39N9O2S. The molecule has 7 rings (SSSR count). The number of nitrogen functional groups attached to an aromatic ring is 1. The average molecular weight is 602 g/mol. The molecule has 0 unspecified atom stereocenters. The number of hydrogen-bond donors (Lipinski definition) is 3. The van der Waals surface area contributed by atoms with Crippen LogP contribution in [0, 0.1) is 11.3 Å². The third-order valence-electron chi connectivity index (χ3n) is 9.73. The smallest absolute Gasteiger partial charge is 0.186 e. The van der Waals surface area contributed by atoms with Gasteiger partial charge in [-0.05, 0) is 91.3 Å². The number of aryl methyl sites for hydroxylation is 1. The number of nitrogens with two attached hydrogens (primary N) is 1. The van der Waals surface area contributed by atoms with Crippen LogP contribution >= 0.6 is 11.3 Å². The number of rotatable bonds is 6. The lowest BCUT2D eigenvalue weighted by molar-refractivity contribution is 0.0944. The van der Waals surface area contributed by atoms with Crippen LogP contribution in [0.3, 0.4) is 0 Å². The molecule has 0 amide bonds. The first-order chi connectivity index (χ1) is 20.6. The molecule has 43 heavy (non-hydrogen) atoms. The molecule has 5 heterocycles. The van der Waals surface area contributed by atoms with Crippen LogP contribution in [-0.4, -0.2) is 66.7 Å². The van der Waals surface area contributed by atoms with Crippen molar-refractivity contribution >= 4 is 33.2 Å². The zero-order chi connectivity index (χ0) is 30.1. The van der Waals surface area contributed by atoms with Crippen molar-refractivity contribution in [3.8, 4) is 17.6 Å². The summed E-state index contributed by atoms with van der Waals surface area (Å²) in [5, 5.41) is 34.8. The Morgan fingerprint density at radius 1 is 1.28 bits per heavy atom. The monoisotopic (exact) mass is 601 g/mol. The van der Waals surface area contributed by atoms with Crippen molar-refractivity contribution < 1.29 is 9.63 Å². The molecule has 3 aliphatic rings. The topological polar surface area (TPSA) is 155 Å². The minimum Gasteiger partial charge on any atom is -0.389 e. The SMILES string of the molecule is C[C@@H]([C@@H]1CCCN1C)n1ncc2c(NCC(C)(C)O)nc(-c3noc4c3CCC[C@@]43CCCc4sc(N)c(C#N)c43)nc21. The first-order valence-corrected chi connectivity index (χ1v) is 16.2. The van der Waals surface area contributed by atoms with E-state index in [-0.39, 0.29) is 6.04 Å². The largest absolute Gasteiger partial charge is 0.389 e. The van der Waals surface area contributed by atoms with Crippen molar-refractivity contribution in [2.24, 2.45) is 0 Å². The highest BCUT2D eigenvalue weighted by Crippen LogP contribution is 2.55. The fourth-order valence-electron chi connectivity index (χ4n) is 7.69. The molecule has 0 bridgehead atoms. The second kappa shape index (κ2) is 10.3. The van der Waals surface area contributed by atoms with Crippen LogP contribution in [-0.2, 0) is 18.3 Å². The summed E-state index contributed by atoms with van der Waals surface area (Å²) in [6.45, 7) is 7.11. The predicted octanol–water partition coefficient (Wildman–Crippen LogP) is 4.79. The average Bonchev–Trinajstić information content (AvgIpc) is 3.76. The van der Waals surface area contributed by atoms with E-state index in [1.54, 1.807) is 13.8 Å². The second-order valence-electron chi connectivity index (χ2n) is 13.2. The Kier molecular flexibility index (Phi) is 6.76. The van der Waals surface area contributed by atoms with Crippen LogP contribution in [0.1, 0.15) is 92.7 Å². The second-order valence-corrected chi connectivity index (χ2v) is 14.3. The predicted molar refractivity (Wildman–Crippen MR) is 166 cm³/mol. The Bertz CT molecular complexity index is 1740. The van der Waals surface area contributed by atoms with E-state index in [4.69, 9.17) is 25.3 Å². The van der Waals surface area contributed by atoms with E-state index in [0.717, 1.165) is 79.4 Å². The zero-order valence-corrected chi connectivity index (χ0v) is 26.1. The third kappa shape index (κ3) is 4.51. The van der Waals surface area contributed by atoms with Gasteiger partial charge in [0, 0.05) is 23.0 Å². The standard InChI is InChI=1S/C31H39N9O2S/c1-17(21-9-7-13-39(21)4)40-29-20(15-35-40)27(34-16-30(2,3)41)36-28(37-29)24-18-8-5-11-31(25(18)42-38-24)12-6-10-22-23(31)19(14-32)26(33)43-22/h15,17,21,41H,5-13,16,33H2,1-4H3,(H,34,36,37)/t17-,21-,31-/m0/s1. The van der Waals surface area contributed by atoms with Gasteiger partial charge in [-0.15, -0.1) is 11.3 Å². The highest BCUT2D eigenvalue weighted by molar-refractivity contribution is 7.16. The Labute approximate surface area is 255 Å². The van der Waals surface area contributed by atoms with Crippen molar-refractivity contribution in [3.63, 3.8) is 0 Å². The normalized spacial score (nSPS) is 22.9. The van der Waals surface area contributed by atoms with Gasteiger partial charge in [0.1, 0.15) is 16.9 Å². The molecule has 2 aliphatic carbocycles. The maximum Gasteiger partial charge on any atom is 0.186 e. The Morgan fingerprint density at radius 2 is 2.07 bits per heavy atom. The molecule has 1 fully saturated rings. The van der Waals surface area contributed by atoms with Gasteiger partial charge in [0.25, 0.3) is 0 Å². The highest BCUT2D eigenvalue weighted by Gasteiger charge is 2.49. The van der Waals surface area contributed by atoms with Crippen LogP contribution in [0.25, 0.3) is 22.6 Å². The highest BCUT2D eigenvalue weighted by atomic mass is 32.1. The van der Waals surface area contributed by atoms with Gasteiger partial charge >= 0.3 is 0 Å². The van der Waals surface area contributed by atoms with E-state index in [9.17, 15) is 10.4 Å². The van der Waals surface area contributed by atoms with Gasteiger partial charge < -0.3 is 25.6 Å². The molecule has 11 nitrogen and oxygen atoms in total. The number of likely N-dealkylation sites (N-methyl/N-ethyl adjacent to an activating group) is 1. The fourth-order valence-corrected chi connectivity index (χ4v) is 8.85. The summed E-state index contributed by atoms with van der Waals surface area (Å²) in [5.41, 5.74) is 9.00. The number of fused-ring (bicyclic) bond motifs is 5. The molecule has 226 valence electrons. The Morgan fingerprint density at radius 3 is 2.79 bits per heavy atom. The molecule has 0 aromatic carbocycles. The van der Waals surface area contributed by atoms with E-state index in [1.807, 2.05) is 10.9 Å². The maximum atomic E-state index is 10.5. The van der Waals surface area contributed by atoms with Crippen molar-refractivity contribution in [2.75, 3.05) is 31.2 Å². The number of aliphatic hydroxyl groups is 1. The zero-order valence-electron chi connectivity index (χ0n) is 25.3.